The lowest BCUT2D eigenvalue weighted by atomic mass is 9.82. The van der Waals surface area contributed by atoms with Gasteiger partial charge in [0.2, 0.25) is 0 Å². The molecule has 2 aliphatic heterocycles. The van der Waals surface area contributed by atoms with Crippen molar-refractivity contribution in [3.63, 3.8) is 0 Å². The molecule has 0 bridgehead atoms. The van der Waals surface area contributed by atoms with E-state index in [1.807, 2.05) is 11.0 Å². The molecule has 1 saturated heterocycles. The summed E-state index contributed by atoms with van der Waals surface area (Å²) in [5.41, 5.74) is 0.763. The van der Waals surface area contributed by atoms with Crippen LogP contribution in [0.3, 0.4) is 0 Å². The van der Waals surface area contributed by atoms with Crippen LogP contribution in [0.15, 0.2) is 6.07 Å². The fraction of sp³-hybridized carbons (Fsp3) is 0.667. The smallest absolute Gasteiger partial charge is 0.317 e. The van der Waals surface area contributed by atoms with Gasteiger partial charge in [-0.15, -0.1) is 11.3 Å². The number of carboxylic acids is 1. The SMILES string of the molecule is COCCCNC(=O)c1cc2c(s1)CCOC21CCN(CC(=O)O)CC1. The molecule has 144 valence electrons. The molecule has 3 heterocycles. The summed E-state index contributed by atoms with van der Waals surface area (Å²) in [6.45, 7) is 3.34. The number of carboxylic acid groups (broad SMARTS) is 1. The van der Waals surface area contributed by atoms with Gasteiger partial charge in [-0.05, 0) is 30.9 Å². The Bertz CT molecular complexity index is 652. The van der Waals surface area contributed by atoms with E-state index in [1.165, 1.54) is 4.88 Å². The first-order valence-corrected chi connectivity index (χ1v) is 9.84. The van der Waals surface area contributed by atoms with E-state index in [0.29, 0.717) is 32.8 Å². The Kier molecular flexibility index (Phi) is 6.29. The van der Waals surface area contributed by atoms with Gasteiger partial charge < -0.3 is 19.9 Å². The average Bonchev–Trinajstić information content (AvgIpc) is 3.06. The van der Waals surface area contributed by atoms with E-state index in [2.05, 4.69) is 5.32 Å². The first-order valence-electron chi connectivity index (χ1n) is 9.02. The summed E-state index contributed by atoms with van der Waals surface area (Å²) in [6.07, 6.45) is 3.15. The van der Waals surface area contributed by atoms with Gasteiger partial charge in [-0.2, -0.15) is 0 Å². The third-order valence-corrected chi connectivity index (χ3v) is 6.26. The van der Waals surface area contributed by atoms with Crippen molar-refractivity contribution in [2.24, 2.45) is 0 Å². The lowest BCUT2D eigenvalue weighted by Gasteiger charge is -2.43. The molecule has 2 N–H and O–H groups in total. The maximum absolute atomic E-state index is 12.4. The molecule has 0 atom stereocenters. The maximum atomic E-state index is 12.4. The number of piperidine rings is 1. The number of amides is 1. The van der Waals surface area contributed by atoms with Crippen molar-refractivity contribution in [1.29, 1.82) is 0 Å². The molecule has 1 aromatic heterocycles. The summed E-state index contributed by atoms with van der Waals surface area (Å²) in [5, 5.41) is 11.9. The minimum absolute atomic E-state index is 0.0426. The number of likely N-dealkylation sites (tertiary alicyclic amines) is 1. The lowest BCUT2D eigenvalue weighted by molar-refractivity contribution is -0.141. The molecule has 26 heavy (non-hydrogen) atoms. The van der Waals surface area contributed by atoms with Crippen LogP contribution in [0.5, 0.6) is 0 Å². The number of carbonyl (C=O) groups excluding carboxylic acids is 1. The molecule has 0 radical (unpaired) electrons. The van der Waals surface area contributed by atoms with Gasteiger partial charge >= 0.3 is 5.97 Å². The molecule has 7 nitrogen and oxygen atoms in total. The normalized spacial score (nSPS) is 19.3. The molecular formula is C18H26N2O5S. The van der Waals surface area contributed by atoms with Crippen molar-refractivity contribution < 1.29 is 24.2 Å². The van der Waals surface area contributed by atoms with E-state index < -0.39 is 5.97 Å². The molecule has 3 rings (SSSR count). The van der Waals surface area contributed by atoms with Crippen LogP contribution >= 0.6 is 11.3 Å². The molecular weight excluding hydrogens is 356 g/mol. The van der Waals surface area contributed by atoms with E-state index in [9.17, 15) is 9.59 Å². The number of thiophene rings is 1. The summed E-state index contributed by atoms with van der Waals surface area (Å²) in [7, 11) is 1.65. The van der Waals surface area contributed by atoms with Crippen LogP contribution in [0.1, 0.15) is 39.4 Å². The third-order valence-electron chi connectivity index (χ3n) is 5.06. The van der Waals surface area contributed by atoms with E-state index in [4.69, 9.17) is 14.6 Å². The number of aliphatic carboxylic acids is 1. The highest BCUT2D eigenvalue weighted by molar-refractivity contribution is 7.14. The molecule has 2 aliphatic rings. The van der Waals surface area contributed by atoms with Crippen LogP contribution in [0.2, 0.25) is 0 Å². The molecule has 1 fully saturated rings. The molecule has 1 spiro atoms. The summed E-state index contributed by atoms with van der Waals surface area (Å²) < 4.78 is 11.2. The molecule has 1 amide bonds. The summed E-state index contributed by atoms with van der Waals surface area (Å²) in [6, 6.07) is 1.98. The van der Waals surface area contributed by atoms with Gasteiger partial charge in [0, 0.05) is 44.6 Å². The predicted molar refractivity (Wildman–Crippen MR) is 97.8 cm³/mol. The van der Waals surface area contributed by atoms with Gasteiger partial charge in [0.05, 0.1) is 23.6 Å². The highest BCUT2D eigenvalue weighted by atomic mass is 32.1. The number of methoxy groups -OCH3 is 1. The number of nitrogens with one attached hydrogen (secondary N) is 1. The van der Waals surface area contributed by atoms with Crippen LogP contribution in [-0.2, 0) is 26.3 Å². The highest BCUT2D eigenvalue weighted by Gasteiger charge is 2.42. The van der Waals surface area contributed by atoms with E-state index in [-0.39, 0.29) is 18.1 Å². The van der Waals surface area contributed by atoms with Crippen molar-refractivity contribution in [3.8, 4) is 0 Å². The Balaban J connectivity index is 1.67. The van der Waals surface area contributed by atoms with Gasteiger partial charge in [0.15, 0.2) is 0 Å². The number of carbonyl (C=O) groups is 2. The topological polar surface area (TPSA) is 88.1 Å². The lowest BCUT2D eigenvalue weighted by Crippen LogP contribution is -2.47. The zero-order valence-corrected chi connectivity index (χ0v) is 15.9. The van der Waals surface area contributed by atoms with E-state index in [1.54, 1.807) is 18.4 Å². The van der Waals surface area contributed by atoms with Gasteiger partial charge in [-0.3, -0.25) is 14.5 Å². The fourth-order valence-corrected chi connectivity index (χ4v) is 4.86. The second kappa shape index (κ2) is 8.47. The van der Waals surface area contributed by atoms with E-state index in [0.717, 1.165) is 36.1 Å². The van der Waals surface area contributed by atoms with Crippen LogP contribution < -0.4 is 5.32 Å². The standard InChI is InChI=1S/C18H26N2O5S/c1-24-9-2-6-19-17(23)15-11-13-14(26-15)3-10-25-18(13)4-7-20(8-5-18)12-16(21)22/h11H,2-10,12H2,1H3,(H,19,23)(H,21,22). The third kappa shape index (κ3) is 4.25. The van der Waals surface area contributed by atoms with Crippen molar-refractivity contribution >= 4 is 23.2 Å². The quantitative estimate of drug-likeness (QED) is 0.694. The Morgan fingerprint density at radius 2 is 2.19 bits per heavy atom. The number of hydrogen-bond acceptors (Lipinski definition) is 6. The van der Waals surface area contributed by atoms with E-state index >= 15 is 0 Å². The molecule has 0 aromatic carbocycles. The summed E-state index contributed by atoms with van der Waals surface area (Å²) in [4.78, 5) is 27.2. The summed E-state index contributed by atoms with van der Waals surface area (Å²) in [5.74, 6) is -0.840. The second-order valence-corrected chi connectivity index (χ2v) is 7.95. The average molecular weight is 382 g/mol. The zero-order valence-electron chi connectivity index (χ0n) is 15.1. The van der Waals surface area contributed by atoms with Crippen molar-refractivity contribution in [2.45, 2.75) is 31.3 Å². The van der Waals surface area contributed by atoms with Gasteiger partial charge in [-0.25, -0.2) is 0 Å². The van der Waals surface area contributed by atoms with Crippen LogP contribution in [-0.4, -0.2) is 68.4 Å². The first kappa shape index (κ1) is 19.3. The van der Waals surface area contributed by atoms with Crippen LogP contribution in [0.4, 0.5) is 0 Å². The molecule has 0 aliphatic carbocycles. The largest absolute Gasteiger partial charge is 0.480 e. The van der Waals surface area contributed by atoms with Crippen molar-refractivity contribution in [1.82, 2.24) is 10.2 Å². The Morgan fingerprint density at radius 1 is 1.42 bits per heavy atom. The predicted octanol–water partition coefficient (Wildman–Crippen LogP) is 1.46. The zero-order chi connectivity index (χ0) is 18.6. The minimum Gasteiger partial charge on any atom is -0.480 e. The first-order chi connectivity index (χ1) is 12.5. The Morgan fingerprint density at radius 3 is 2.88 bits per heavy atom. The van der Waals surface area contributed by atoms with Gasteiger partial charge in [0.1, 0.15) is 0 Å². The van der Waals surface area contributed by atoms with Crippen LogP contribution in [0, 0.1) is 0 Å². The highest BCUT2D eigenvalue weighted by Crippen LogP contribution is 2.44. The van der Waals surface area contributed by atoms with Crippen molar-refractivity contribution in [2.75, 3.05) is 46.5 Å². The molecule has 0 saturated carbocycles. The van der Waals surface area contributed by atoms with Gasteiger partial charge in [0.25, 0.3) is 5.91 Å². The fourth-order valence-electron chi connectivity index (χ4n) is 3.71. The molecule has 1 aromatic rings. The minimum atomic E-state index is -0.797. The number of nitrogens with zero attached hydrogens (tertiary/aromatic N) is 1. The maximum Gasteiger partial charge on any atom is 0.317 e. The van der Waals surface area contributed by atoms with Crippen molar-refractivity contribution in [3.05, 3.63) is 21.4 Å². The molecule has 8 heteroatoms. The van der Waals surface area contributed by atoms with Crippen LogP contribution in [0.25, 0.3) is 0 Å². The summed E-state index contributed by atoms with van der Waals surface area (Å²) >= 11 is 1.56. The number of ether oxygens (including phenoxy) is 2. The number of fused-ring (bicyclic) bond motifs is 2. The Hall–Kier alpha value is -1.48. The Labute approximate surface area is 157 Å². The number of rotatable bonds is 7. The number of hydrogen-bond donors (Lipinski definition) is 2. The van der Waals surface area contributed by atoms with Gasteiger partial charge in [-0.1, -0.05) is 0 Å². The molecule has 0 unspecified atom stereocenters. The monoisotopic (exact) mass is 382 g/mol. The second-order valence-electron chi connectivity index (χ2n) is 6.81.